The zero-order chi connectivity index (χ0) is 10.4. The molecule has 3 N–H and O–H groups in total. The smallest absolute Gasteiger partial charge is 0.108 e. The van der Waals surface area contributed by atoms with E-state index in [0.29, 0.717) is 0 Å². The van der Waals surface area contributed by atoms with Crippen molar-refractivity contribution in [2.24, 2.45) is 5.73 Å². The van der Waals surface area contributed by atoms with Crippen LogP contribution in [0.4, 0.5) is 0 Å². The van der Waals surface area contributed by atoms with Gasteiger partial charge < -0.3 is 15.6 Å². The topological polar surface area (TPSA) is 87.4 Å². The average Bonchev–Trinajstić information content (AvgIpc) is 2.18. The first-order valence-electron chi connectivity index (χ1n) is 4.08. The largest absolute Gasteiger partial charge is 0.548 e. The Morgan fingerprint density at radius 2 is 2.14 bits per heavy atom. The molecule has 0 saturated carbocycles. The molecule has 0 aliphatic heterocycles. The Balaban J connectivity index is 2.36. The van der Waals surface area contributed by atoms with Crippen molar-refractivity contribution in [1.82, 2.24) is 5.48 Å². The number of hydrogen-bond donors (Lipinski definition) is 2. The van der Waals surface area contributed by atoms with E-state index < -0.39 is 18.7 Å². The molecule has 0 aliphatic rings. The van der Waals surface area contributed by atoms with Gasteiger partial charge in [0.2, 0.25) is 0 Å². The Hall–Kier alpha value is -1.43. The Kier molecular flexibility index (Phi) is 4.06. The summed E-state index contributed by atoms with van der Waals surface area (Å²) < 4.78 is 0. The lowest BCUT2D eigenvalue weighted by Crippen LogP contribution is -2.35. The van der Waals surface area contributed by atoms with Gasteiger partial charge in [0, 0.05) is 0 Å². The predicted octanol–water partition coefficient (Wildman–Crippen LogP) is -1.08. The Morgan fingerprint density at radius 1 is 1.50 bits per heavy atom. The van der Waals surface area contributed by atoms with Gasteiger partial charge in [-0.1, -0.05) is 30.3 Å². The van der Waals surface area contributed by atoms with E-state index in [1.54, 1.807) is 12.1 Å². The van der Waals surface area contributed by atoms with Gasteiger partial charge in [-0.2, -0.15) is 5.48 Å². The van der Waals surface area contributed by atoms with Crippen LogP contribution >= 0.6 is 0 Å². The minimum atomic E-state index is -1.29. The van der Waals surface area contributed by atoms with Gasteiger partial charge in [-0.15, -0.1) is 0 Å². The summed E-state index contributed by atoms with van der Waals surface area (Å²) in [5.41, 5.74) is 8.83. The molecule has 5 nitrogen and oxygen atoms in total. The van der Waals surface area contributed by atoms with Crippen molar-refractivity contribution in [3.05, 3.63) is 35.9 Å². The second-order valence-corrected chi connectivity index (χ2v) is 2.67. The maximum absolute atomic E-state index is 10.0. The summed E-state index contributed by atoms with van der Waals surface area (Å²) in [7, 11) is 0. The molecule has 0 spiro atoms. The van der Waals surface area contributed by atoms with E-state index in [2.05, 4.69) is 10.3 Å². The summed E-state index contributed by atoms with van der Waals surface area (Å²) in [6, 6.07) is 9.13. The third-order valence-corrected chi connectivity index (χ3v) is 1.56. The molecule has 1 unspecified atom stereocenters. The molecule has 76 valence electrons. The molecule has 1 rings (SSSR count). The van der Waals surface area contributed by atoms with Crippen molar-refractivity contribution in [1.29, 1.82) is 0 Å². The number of hydroxylamine groups is 1. The lowest BCUT2D eigenvalue weighted by atomic mass is 10.2. The van der Waals surface area contributed by atoms with E-state index in [9.17, 15) is 9.90 Å². The fourth-order valence-electron chi connectivity index (χ4n) is 0.919. The minimum absolute atomic E-state index is 0.527. The average molecular weight is 195 g/mol. The minimum Gasteiger partial charge on any atom is -0.548 e. The first kappa shape index (κ1) is 10.6. The monoisotopic (exact) mass is 195 g/mol. The van der Waals surface area contributed by atoms with E-state index in [-0.39, 0.29) is 0 Å². The number of aliphatic carboxylic acids is 1. The number of benzene rings is 1. The SMILES string of the molecule is NC(NOCC(=O)[O-])c1ccccc1. The van der Waals surface area contributed by atoms with Crippen molar-refractivity contribution in [3.63, 3.8) is 0 Å². The molecule has 1 atom stereocenters. The second-order valence-electron chi connectivity index (χ2n) is 2.67. The highest BCUT2D eigenvalue weighted by Gasteiger charge is 2.03. The van der Waals surface area contributed by atoms with Crippen LogP contribution in [0.25, 0.3) is 0 Å². The van der Waals surface area contributed by atoms with Crippen LogP contribution in [0.5, 0.6) is 0 Å². The quantitative estimate of drug-likeness (QED) is 0.460. The lowest BCUT2D eigenvalue weighted by molar-refractivity contribution is -0.311. The molecule has 0 aliphatic carbocycles. The van der Waals surface area contributed by atoms with E-state index in [1.807, 2.05) is 18.2 Å². The van der Waals surface area contributed by atoms with E-state index >= 15 is 0 Å². The molecule has 0 aromatic heterocycles. The third-order valence-electron chi connectivity index (χ3n) is 1.56. The molecule has 1 aromatic carbocycles. The second kappa shape index (κ2) is 5.33. The van der Waals surface area contributed by atoms with Crippen molar-refractivity contribution in [2.75, 3.05) is 6.61 Å². The maximum atomic E-state index is 10.0. The van der Waals surface area contributed by atoms with Crippen LogP contribution in [0.15, 0.2) is 30.3 Å². The number of rotatable bonds is 5. The van der Waals surface area contributed by atoms with E-state index in [1.165, 1.54) is 0 Å². The number of hydrogen-bond acceptors (Lipinski definition) is 5. The number of carboxylic acid groups (broad SMARTS) is 1. The van der Waals surface area contributed by atoms with Gasteiger partial charge in [0.05, 0.1) is 5.97 Å². The summed E-state index contributed by atoms with van der Waals surface area (Å²) in [6.07, 6.45) is -0.546. The molecule has 5 heteroatoms. The number of nitrogens with one attached hydrogen (secondary N) is 1. The van der Waals surface area contributed by atoms with Crippen molar-refractivity contribution in [2.45, 2.75) is 6.17 Å². The van der Waals surface area contributed by atoms with E-state index in [4.69, 9.17) is 5.73 Å². The van der Waals surface area contributed by atoms with Crippen LogP contribution < -0.4 is 16.3 Å². The maximum Gasteiger partial charge on any atom is 0.108 e. The standard InChI is InChI=1S/C9H12N2O3/c10-9(11-14-6-8(12)13)7-4-2-1-3-5-7/h1-5,9,11H,6,10H2,(H,12,13)/p-1. The predicted molar refractivity (Wildman–Crippen MR) is 47.5 cm³/mol. The first-order valence-corrected chi connectivity index (χ1v) is 4.08. The summed E-state index contributed by atoms with van der Waals surface area (Å²) in [5.74, 6) is -1.29. The van der Waals surface area contributed by atoms with Crippen molar-refractivity contribution in [3.8, 4) is 0 Å². The summed E-state index contributed by atoms with van der Waals surface area (Å²) in [5, 5.41) is 10.0. The molecule has 0 radical (unpaired) electrons. The van der Waals surface area contributed by atoms with Crippen LogP contribution in [-0.2, 0) is 9.63 Å². The van der Waals surface area contributed by atoms with Crippen LogP contribution in [-0.4, -0.2) is 12.6 Å². The highest BCUT2D eigenvalue weighted by molar-refractivity contribution is 5.65. The van der Waals surface area contributed by atoms with Gasteiger partial charge in [-0.05, 0) is 5.56 Å². The summed E-state index contributed by atoms with van der Waals surface area (Å²) in [6.45, 7) is -0.527. The number of nitrogens with two attached hydrogens (primary N) is 1. The lowest BCUT2D eigenvalue weighted by Gasteiger charge is -2.13. The number of carbonyl (C=O) groups is 1. The molecule has 0 bridgehead atoms. The zero-order valence-corrected chi connectivity index (χ0v) is 7.47. The molecule has 14 heavy (non-hydrogen) atoms. The van der Waals surface area contributed by atoms with Crippen LogP contribution in [0.3, 0.4) is 0 Å². The summed E-state index contributed by atoms with van der Waals surface area (Å²) >= 11 is 0. The fourth-order valence-corrected chi connectivity index (χ4v) is 0.919. The van der Waals surface area contributed by atoms with Crippen molar-refractivity contribution < 1.29 is 14.7 Å². The van der Waals surface area contributed by atoms with Gasteiger partial charge in [-0.25, -0.2) is 0 Å². The van der Waals surface area contributed by atoms with Crippen LogP contribution in [0.2, 0.25) is 0 Å². The molecule has 1 aromatic rings. The third kappa shape index (κ3) is 3.53. The summed E-state index contributed by atoms with van der Waals surface area (Å²) in [4.78, 5) is 14.6. The van der Waals surface area contributed by atoms with Gasteiger partial charge in [0.15, 0.2) is 0 Å². The zero-order valence-electron chi connectivity index (χ0n) is 7.47. The first-order chi connectivity index (χ1) is 6.70. The van der Waals surface area contributed by atoms with Gasteiger partial charge in [0.1, 0.15) is 12.8 Å². The van der Waals surface area contributed by atoms with Crippen LogP contribution in [0.1, 0.15) is 11.7 Å². The van der Waals surface area contributed by atoms with Crippen LogP contribution in [0, 0.1) is 0 Å². The number of carbonyl (C=O) groups excluding carboxylic acids is 1. The Bertz CT molecular complexity index is 289. The van der Waals surface area contributed by atoms with E-state index in [0.717, 1.165) is 5.56 Å². The molecular formula is C9H11N2O3-. The highest BCUT2D eigenvalue weighted by Crippen LogP contribution is 2.05. The molecular weight excluding hydrogens is 184 g/mol. The highest BCUT2D eigenvalue weighted by atomic mass is 16.7. The normalized spacial score (nSPS) is 12.4. The fraction of sp³-hybridized carbons (Fsp3) is 0.222. The molecule has 0 fully saturated rings. The molecule has 0 heterocycles. The van der Waals surface area contributed by atoms with Gasteiger partial charge in [-0.3, -0.25) is 4.84 Å². The molecule has 0 amide bonds. The van der Waals surface area contributed by atoms with Crippen molar-refractivity contribution >= 4 is 5.97 Å². The van der Waals surface area contributed by atoms with Gasteiger partial charge in [0.25, 0.3) is 0 Å². The van der Waals surface area contributed by atoms with Gasteiger partial charge >= 0.3 is 0 Å². The number of carboxylic acids is 1. The molecule has 0 saturated heterocycles. The Morgan fingerprint density at radius 3 is 2.71 bits per heavy atom. The Labute approximate surface area is 81.4 Å².